The minimum atomic E-state index is 0. The Bertz CT molecular complexity index is 411. The minimum absolute atomic E-state index is 0. The van der Waals surface area contributed by atoms with Gasteiger partial charge in [0.25, 0.3) is 0 Å². The van der Waals surface area contributed by atoms with Crippen LogP contribution in [0.2, 0.25) is 5.02 Å². The first-order valence-corrected chi connectivity index (χ1v) is 6.51. The lowest BCUT2D eigenvalue weighted by molar-refractivity contribution is -0.120. The van der Waals surface area contributed by atoms with Crippen molar-refractivity contribution in [1.29, 1.82) is 0 Å². The molecule has 1 aromatic rings. The van der Waals surface area contributed by atoms with Gasteiger partial charge in [-0.3, -0.25) is 4.79 Å². The number of nitrogens with zero attached hydrogens (tertiary/aromatic N) is 1. The van der Waals surface area contributed by atoms with Crippen molar-refractivity contribution >= 4 is 35.6 Å². The molecule has 2 rings (SSSR count). The van der Waals surface area contributed by atoms with Gasteiger partial charge in [0.05, 0.1) is 6.54 Å². The van der Waals surface area contributed by atoms with Gasteiger partial charge in [0, 0.05) is 29.8 Å². The van der Waals surface area contributed by atoms with Crippen LogP contribution < -0.4 is 15.5 Å². The van der Waals surface area contributed by atoms with E-state index in [9.17, 15) is 4.79 Å². The van der Waals surface area contributed by atoms with Crippen LogP contribution in [-0.4, -0.2) is 38.6 Å². The summed E-state index contributed by atoms with van der Waals surface area (Å²) in [6.07, 6.45) is 0.984. The van der Waals surface area contributed by atoms with Crippen molar-refractivity contribution in [3.63, 3.8) is 0 Å². The maximum Gasteiger partial charge on any atom is 0.234 e. The number of carbonyl (C=O) groups is 1. The first-order chi connectivity index (χ1) is 8.69. The Labute approximate surface area is 124 Å². The number of hydrogen-bond donors (Lipinski definition) is 2. The molecule has 1 fully saturated rings. The van der Waals surface area contributed by atoms with E-state index in [1.165, 1.54) is 0 Å². The Balaban J connectivity index is 0.00000180. The lowest BCUT2D eigenvalue weighted by Gasteiger charge is -2.19. The van der Waals surface area contributed by atoms with E-state index in [1.807, 2.05) is 24.3 Å². The summed E-state index contributed by atoms with van der Waals surface area (Å²) in [4.78, 5) is 13.7. The van der Waals surface area contributed by atoms with Gasteiger partial charge in [0.15, 0.2) is 0 Å². The van der Waals surface area contributed by atoms with Gasteiger partial charge in [-0.05, 0) is 37.7 Å². The first-order valence-electron chi connectivity index (χ1n) is 6.13. The van der Waals surface area contributed by atoms with E-state index < -0.39 is 0 Å². The second-order valence-corrected chi connectivity index (χ2v) is 4.94. The number of anilines is 1. The summed E-state index contributed by atoms with van der Waals surface area (Å²) in [5, 5.41) is 6.62. The number of nitrogens with one attached hydrogen (secondary N) is 2. The van der Waals surface area contributed by atoms with E-state index in [1.54, 1.807) is 7.05 Å². The fourth-order valence-electron chi connectivity index (χ4n) is 2.20. The third-order valence-electron chi connectivity index (χ3n) is 3.08. The van der Waals surface area contributed by atoms with Gasteiger partial charge in [-0.1, -0.05) is 11.6 Å². The second kappa shape index (κ2) is 7.58. The number of halogens is 2. The molecule has 1 heterocycles. The molecule has 1 aliphatic rings. The minimum Gasteiger partial charge on any atom is -0.369 e. The van der Waals surface area contributed by atoms with Crippen molar-refractivity contribution < 1.29 is 4.79 Å². The van der Waals surface area contributed by atoms with Gasteiger partial charge in [-0.15, -0.1) is 12.4 Å². The molecule has 0 saturated carbocycles. The number of benzene rings is 1. The summed E-state index contributed by atoms with van der Waals surface area (Å²) in [7, 11) is 1.77. The van der Waals surface area contributed by atoms with Gasteiger partial charge in [0.1, 0.15) is 0 Å². The van der Waals surface area contributed by atoms with Gasteiger partial charge < -0.3 is 15.5 Å². The molecule has 0 aromatic heterocycles. The number of carbonyl (C=O) groups excluding carboxylic acids is 1. The van der Waals surface area contributed by atoms with Crippen LogP contribution in [0.1, 0.15) is 6.42 Å². The highest BCUT2D eigenvalue weighted by Crippen LogP contribution is 2.22. The quantitative estimate of drug-likeness (QED) is 0.889. The maximum atomic E-state index is 11.5. The Morgan fingerprint density at radius 1 is 1.42 bits per heavy atom. The van der Waals surface area contributed by atoms with Gasteiger partial charge >= 0.3 is 0 Å². The van der Waals surface area contributed by atoms with Crippen LogP contribution in [0.15, 0.2) is 24.3 Å². The van der Waals surface area contributed by atoms with Crippen molar-refractivity contribution in [2.24, 2.45) is 0 Å². The standard InChI is InChI=1S/C13H18ClN3O.ClH/c1-15-8-13(18)16-11-6-7-17(9-11)12-4-2-10(14)3-5-12;/h2-5,11,15H,6-9H2,1H3,(H,16,18);1H. The molecule has 6 heteroatoms. The zero-order valence-corrected chi connectivity index (χ0v) is 12.4. The predicted octanol–water partition coefficient (Wildman–Crippen LogP) is 1.68. The van der Waals surface area contributed by atoms with E-state index in [4.69, 9.17) is 11.6 Å². The molecular weight excluding hydrogens is 285 g/mol. The highest BCUT2D eigenvalue weighted by molar-refractivity contribution is 6.30. The van der Waals surface area contributed by atoms with Crippen LogP contribution in [0.3, 0.4) is 0 Å². The van der Waals surface area contributed by atoms with Crippen molar-refractivity contribution in [1.82, 2.24) is 10.6 Å². The Hall–Kier alpha value is -0.970. The Kier molecular flexibility index (Phi) is 6.42. The molecule has 1 unspecified atom stereocenters. The first kappa shape index (κ1) is 16.1. The number of likely N-dealkylation sites (N-methyl/N-ethyl adjacent to an activating group) is 1. The van der Waals surface area contributed by atoms with E-state index in [-0.39, 0.29) is 24.4 Å². The number of rotatable bonds is 4. The molecule has 19 heavy (non-hydrogen) atoms. The van der Waals surface area contributed by atoms with Crippen molar-refractivity contribution in [2.75, 3.05) is 31.6 Å². The fraction of sp³-hybridized carbons (Fsp3) is 0.462. The molecule has 1 amide bonds. The maximum absolute atomic E-state index is 11.5. The molecule has 0 bridgehead atoms. The lowest BCUT2D eigenvalue weighted by atomic mass is 10.2. The monoisotopic (exact) mass is 303 g/mol. The zero-order chi connectivity index (χ0) is 13.0. The largest absolute Gasteiger partial charge is 0.369 e. The Morgan fingerprint density at radius 3 is 2.74 bits per heavy atom. The molecule has 0 radical (unpaired) electrons. The third kappa shape index (κ3) is 4.56. The predicted molar refractivity (Wildman–Crippen MR) is 81.4 cm³/mol. The molecule has 1 atom stereocenters. The highest BCUT2D eigenvalue weighted by atomic mass is 35.5. The van der Waals surface area contributed by atoms with Gasteiger partial charge in [-0.2, -0.15) is 0 Å². The lowest BCUT2D eigenvalue weighted by Crippen LogP contribution is -2.41. The summed E-state index contributed by atoms with van der Waals surface area (Å²) in [5.74, 6) is 0.0560. The van der Waals surface area contributed by atoms with Crippen LogP contribution in [0, 0.1) is 0 Å². The van der Waals surface area contributed by atoms with Crippen LogP contribution >= 0.6 is 24.0 Å². The summed E-state index contributed by atoms with van der Waals surface area (Å²) < 4.78 is 0. The topological polar surface area (TPSA) is 44.4 Å². The van der Waals surface area contributed by atoms with Crippen LogP contribution in [0.25, 0.3) is 0 Å². The third-order valence-corrected chi connectivity index (χ3v) is 3.33. The summed E-state index contributed by atoms with van der Waals surface area (Å²) in [6.45, 7) is 2.20. The molecule has 1 saturated heterocycles. The molecule has 0 aliphatic carbocycles. The van der Waals surface area contributed by atoms with Crippen molar-refractivity contribution in [2.45, 2.75) is 12.5 Å². The molecule has 1 aliphatic heterocycles. The highest BCUT2D eigenvalue weighted by Gasteiger charge is 2.23. The molecule has 106 valence electrons. The smallest absolute Gasteiger partial charge is 0.234 e. The second-order valence-electron chi connectivity index (χ2n) is 4.51. The fourth-order valence-corrected chi connectivity index (χ4v) is 2.33. The summed E-state index contributed by atoms with van der Waals surface area (Å²) in [5.41, 5.74) is 1.16. The van der Waals surface area contributed by atoms with Crippen LogP contribution in [0.4, 0.5) is 5.69 Å². The van der Waals surface area contributed by atoms with Crippen molar-refractivity contribution in [3.05, 3.63) is 29.3 Å². The van der Waals surface area contributed by atoms with E-state index in [0.29, 0.717) is 6.54 Å². The normalized spacial score (nSPS) is 18.0. The van der Waals surface area contributed by atoms with Crippen LogP contribution in [0.5, 0.6) is 0 Å². The summed E-state index contributed by atoms with van der Waals surface area (Å²) in [6, 6.07) is 8.05. The number of hydrogen-bond acceptors (Lipinski definition) is 3. The average molecular weight is 304 g/mol. The SMILES string of the molecule is CNCC(=O)NC1CCN(c2ccc(Cl)cc2)C1.Cl. The molecule has 2 N–H and O–H groups in total. The molecular formula is C13H19Cl2N3O. The molecule has 0 spiro atoms. The zero-order valence-electron chi connectivity index (χ0n) is 10.9. The van der Waals surface area contributed by atoms with Crippen LogP contribution in [-0.2, 0) is 4.79 Å². The van der Waals surface area contributed by atoms with Gasteiger partial charge in [-0.25, -0.2) is 0 Å². The average Bonchev–Trinajstić information content (AvgIpc) is 2.78. The van der Waals surface area contributed by atoms with Crippen molar-refractivity contribution in [3.8, 4) is 0 Å². The molecule has 4 nitrogen and oxygen atoms in total. The summed E-state index contributed by atoms with van der Waals surface area (Å²) >= 11 is 5.87. The number of amides is 1. The van der Waals surface area contributed by atoms with E-state index >= 15 is 0 Å². The Morgan fingerprint density at radius 2 is 2.11 bits per heavy atom. The van der Waals surface area contributed by atoms with E-state index in [2.05, 4.69) is 15.5 Å². The van der Waals surface area contributed by atoms with Gasteiger partial charge in [0.2, 0.25) is 5.91 Å². The van der Waals surface area contributed by atoms with E-state index in [0.717, 1.165) is 30.2 Å². The molecule has 1 aromatic carbocycles.